The van der Waals surface area contributed by atoms with Gasteiger partial charge in [-0.15, -0.1) is 0 Å². The van der Waals surface area contributed by atoms with Crippen LogP contribution in [0.15, 0.2) is 36.4 Å². The van der Waals surface area contributed by atoms with E-state index in [2.05, 4.69) is 0 Å². The molecule has 0 heterocycles. The molecule has 0 fully saturated rings. The molecule has 0 N–H and O–H groups in total. The number of ketones is 1. The van der Waals surface area contributed by atoms with Crippen LogP contribution in [0.3, 0.4) is 0 Å². The Hall–Kier alpha value is -2.82. The van der Waals surface area contributed by atoms with E-state index in [1.807, 2.05) is 12.1 Å². The number of methoxy groups -OCH3 is 2. The van der Waals surface area contributed by atoms with E-state index in [-0.39, 0.29) is 18.0 Å². The zero-order valence-electron chi connectivity index (χ0n) is 14.3. The molecule has 0 saturated carbocycles. The van der Waals surface area contributed by atoms with Crippen molar-refractivity contribution in [3.8, 4) is 11.5 Å². The highest BCUT2D eigenvalue weighted by molar-refractivity contribution is 6.01. The number of carbonyl (C=O) groups excluding carboxylic acids is 2. The number of Topliss-reactive ketones (excluding diaryl/α,β-unsaturated/α-hetero) is 1. The molecule has 5 nitrogen and oxygen atoms in total. The summed E-state index contributed by atoms with van der Waals surface area (Å²) in [6, 6.07) is 10.7. The maximum atomic E-state index is 12.4. The summed E-state index contributed by atoms with van der Waals surface area (Å²) in [5, 5.41) is 0. The fraction of sp³-hybridized carbons (Fsp3) is 0.300. The van der Waals surface area contributed by atoms with E-state index < -0.39 is 5.97 Å². The molecule has 130 valence electrons. The van der Waals surface area contributed by atoms with Crippen molar-refractivity contribution in [1.29, 1.82) is 0 Å². The molecule has 25 heavy (non-hydrogen) atoms. The SMILES string of the molecule is COc1cccc(OC)c1C(=O)OCC(=O)c1ccc2c(c1)CCC2. The quantitative estimate of drug-likeness (QED) is 0.597. The molecule has 0 saturated heterocycles. The van der Waals surface area contributed by atoms with Gasteiger partial charge in [0.25, 0.3) is 0 Å². The van der Waals surface area contributed by atoms with Crippen molar-refractivity contribution in [1.82, 2.24) is 0 Å². The van der Waals surface area contributed by atoms with E-state index in [0.29, 0.717) is 17.1 Å². The molecule has 0 aromatic heterocycles. The third kappa shape index (κ3) is 3.50. The summed E-state index contributed by atoms with van der Waals surface area (Å²) in [5.74, 6) is -0.190. The van der Waals surface area contributed by atoms with Crippen LogP contribution in [0.4, 0.5) is 0 Å². The molecule has 2 aromatic rings. The van der Waals surface area contributed by atoms with Crippen LogP contribution in [-0.2, 0) is 17.6 Å². The number of hydrogen-bond donors (Lipinski definition) is 0. The standard InChI is InChI=1S/C20H20O5/c1-23-17-7-4-8-18(24-2)19(17)20(22)25-12-16(21)15-10-9-13-5-3-6-14(13)11-15/h4,7-11H,3,5-6,12H2,1-2H3. The lowest BCUT2D eigenvalue weighted by atomic mass is 10.0. The summed E-state index contributed by atoms with van der Waals surface area (Å²) in [6.45, 7) is -0.321. The first-order valence-electron chi connectivity index (χ1n) is 8.17. The Kier molecular flexibility index (Phi) is 5.03. The maximum Gasteiger partial charge on any atom is 0.346 e. The number of benzene rings is 2. The van der Waals surface area contributed by atoms with Crippen molar-refractivity contribution in [2.24, 2.45) is 0 Å². The monoisotopic (exact) mass is 340 g/mol. The van der Waals surface area contributed by atoms with Crippen LogP contribution in [-0.4, -0.2) is 32.6 Å². The van der Waals surface area contributed by atoms with Gasteiger partial charge in [0.1, 0.15) is 17.1 Å². The Balaban J connectivity index is 1.71. The second-order valence-electron chi connectivity index (χ2n) is 5.87. The normalized spacial score (nSPS) is 12.4. The maximum absolute atomic E-state index is 12.4. The zero-order chi connectivity index (χ0) is 17.8. The molecular weight excluding hydrogens is 320 g/mol. The largest absolute Gasteiger partial charge is 0.496 e. The highest BCUT2D eigenvalue weighted by Crippen LogP contribution is 2.29. The molecule has 0 bridgehead atoms. The Labute approximate surface area is 146 Å². The topological polar surface area (TPSA) is 61.8 Å². The molecular formula is C20H20O5. The van der Waals surface area contributed by atoms with E-state index in [4.69, 9.17) is 14.2 Å². The van der Waals surface area contributed by atoms with Gasteiger partial charge >= 0.3 is 5.97 Å². The summed E-state index contributed by atoms with van der Waals surface area (Å²) in [4.78, 5) is 24.7. The molecule has 0 atom stereocenters. The van der Waals surface area contributed by atoms with Crippen LogP contribution >= 0.6 is 0 Å². The number of ether oxygens (including phenoxy) is 3. The van der Waals surface area contributed by atoms with Crippen molar-refractivity contribution in [3.63, 3.8) is 0 Å². The average molecular weight is 340 g/mol. The van der Waals surface area contributed by atoms with E-state index in [9.17, 15) is 9.59 Å². The Morgan fingerprint density at radius 1 is 0.960 bits per heavy atom. The van der Waals surface area contributed by atoms with Gasteiger partial charge in [0, 0.05) is 5.56 Å². The molecule has 2 aromatic carbocycles. The van der Waals surface area contributed by atoms with Gasteiger partial charge in [0.05, 0.1) is 14.2 Å². The zero-order valence-corrected chi connectivity index (χ0v) is 14.3. The van der Waals surface area contributed by atoms with Crippen molar-refractivity contribution >= 4 is 11.8 Å². The van der Waals surface area contributed by atoms with Gasteiger partial charge in [-0.1, -0.05) is 18.2 Å². The number of fused-ring (bicyclic) bond motifs is 1. The minimum atomic E-state index is -0.649. The molecule has 0 amide bonds. The third-order valence-corrected chi connectivity index (χ3v) is 4.39. The van der Waals surface area contributed by atoms with Crippen LogP contribution in [0, 0.1) is 0 Å². The van der Waals surface area contributed by atoms with Crippen molar-refractivity contribution in [2.75, 3.05) is 20.8 Å². The van der Waals surface area contributed by atoms with Crippen molar-refractivity contribution in [3.05, 3.63) is 58.7 Å². The fourth-order valence-electron chi connectivity index (χ4n) is 3.08. The van der Waals surface area contributed by atoms with Gasteiger partial charge in [-0.25, -0.2) is 4.79 Å². The molecule has 1 aliphatic carbocycles. The number of esters is 1. The Morgan fingerprint density at radius 2 is 1.64 bits per heavy atom. The van der Waals surface area contributed by atoms with Crippen molar-refractivity contribution in [2.45, 2.75) is 19.3 Å². The first-order valence-corrected chi connectivity index (χ1v) is 8.17. The second kappa shape index (κ2) is 7.38. The lowest BCUT2D eigenvalue weighted by molar-refractivity contribution is 0.0468. The Bertz CT molecular complexity index is 787. The van der Waals surface area contributed by atoms with Gasteiger partial charge in [0.2, 0.25) is 0 Å². The molecule has 0 radical (unpaired) electrons. The summed E-state index contributed by atoms with van der Waals surface area (Å²) in [7, 11) is 2.92. The first kappa shape index (κ1) is 17.0. The van der Waals surface area contributed by atoms with E-state index in [1.165, 1.54) is 25.3 Å². The lowest BCUT2D eigenvalue weighted by Crippen LogP contribution is -2.16. The highest BCUT2D eigenvalue weighted by atomic mass is 16.5. The van der Waals surface area contributed by atoms with Gasteiger partial charge in [-0.05, 0) is 48.6 Å². The minimum absolute atomic E-state index is 0.175. The molecule has 0 unspecified atom stereocenters. The van der Waals surface area contributed by atoms with E-state index in [0.717, 1.165) is 19.3 Å². The smallest absolute Gasteiger partial charge is 0.346 e. The highest BCUT2D eigenvalue weighted by Gasteiger charge is 2.21. The lowest BCUT2D eigenvalue weighted by Gasteiger charge is -2.12. The van der Waals surface area contributed by atoms with Gasteiger partial charge < -0.3 is 14.2 Å². The minimum Gasteiger partial charge on any atom is -0.496 e. The number of hydrogen-bond acceptors (Lipinski definition) is 5. The van der Waals surface area contributed by atoms with Crippen LogP contribution in [0.25, 0.3) is 0 Å². The molecule has 1 aliphatic rings. The summed E-state index contributed by atoms with van der Waals surface area (Å²) < 4.78 is 15.6. The van der Waals surface area contributed by atoms with E-state index >= 15 is 0 Å². The number of aryl methyl sites for hydroxylation is 2. The first-order chi connectivity index (χ1) is 12.1. The predicted octanol–water partition coefficient (Wildman–Crippen LogP) is 3.23. The van der Waals surface area contributed by atoms with Gasteiger partial charge in [-0.2, -0.15) is 0 Å². The van der Waals surface area contributed by atoms with Crippen LogP contribution in [0.5, 0.6) is 11.5 Å². The van der Waals surface area contributed by atoms with Crippen molar-refractivity contribution < 1.29 is 23.8 Å². The predicted molar refractivity (Wildman–Crippen MR) is 92.6 cm³/mol. The third-order valence-electron chi connectivity index (χ3n) is 4.39. The molecule has 3 rings (SSSR count). The summed E-state index contributed by atoms with van der Waals surface area (Å²) in [6.07, 6.45) is 3.18. The number of rotatable bonds is 6. The van der Waals surface area contributed by atoms with Gasteiger partial charge in [0.15, 0.2) is 12.4 Å². The van der Waals surface area contributed by atoms with Crippen LogP contribution in [0.1, 0.15) is 38.3 Å². The Morgan fingerprint density at radius 3 is 2.32 bits per heavy atom. The van der Waals surface area contributed by atoms with E-state index in [1.54, 1.807) is 24.3 Å². The van der Waals surface area contributed by atoms with Crippen LogP contribution < -0.4 is 9.47 Å². The van der Waals surface area contributed by atoms with Crippen LogP contribution in [0.2, 0.25) is 0 Å². The molecule has 0 aliphatic heterocycles. The summed E-state index contributed by atoms with van der Waals surface area (Å²) in [5.41, 5.74) is 3.26. The average Bonchev–Trinajstić information content (AvgIpc) is 3.12. The molecule has 0 spiro atoms. The second-order valence-corrected chi connectivity index (χ2v) is 5.87. The fourth-order valence-corrected chi connectivity index (χ4v) is 3.08. The molecule has 5 heteroatoms. The van der Waals surface area contributed by atoms with Gasteiger partial charge in [-0.3, -0.25) is 4.79 Å². The summed E-state index contributed by atoms with van der Waals surface area (Å²) >= 11 is 0. The number of carbonyl (C=O) groups is 2.